The van der Waals surface area contributed by atoms with E-state index in [0.29, 0.717) is 28.9 Å². The molecule has 1 unspecified atom stereocenters. The van der Waals surface area contributed by atoms with Crippen LogP contribution in [0.4, 0.5) is 0 Å². The number of hydrogen-bond acceptors (Lipinski definition) is 6. The largest absolute Gasteiger partial charge is 0.497 e. The van der Waals surface area contributed by atoms with E-state index < -0.39 is 17.7 Å². The maximum absolute atomic E-state index is 12.9. The van der Waals surface area contributed by atoms with E-state index in [1.54, 1.807) is 13.2 Å². The zero-order chi connectivity index (χ0) is 26.3. The predicted octanol–water partition coefficient (Wildman–Crippen LogP) is 5.14. The molecule has 1 heterocycles. The molecule has 4 aromatic rings. The molecule has 3 aromatic carbocycles. The van der Waals surface area contributed by atoms with Crippen molar-refractivity contribution in [2.75, 3.05) is 13.7 Å². The maximum atomic E-state index is 12.9. The Kier molecular flexibility index (Phi) is 8.15. The van der Waals surface area contributed by atoms with E-state index >= 15 is 0 Å². The standard InChI is InChI=1S/C30H30N2O5/c1-21-20-22(2)32-29(31-21)37-27(28(33)34)30(24-10-6-4-7-11-24,25-12-8-5-9-13-25)36-19-18-23-14-16-26(35-3)17-15-23/h4-17,20,27H,18-19H2,1-3H3,(H,33,34). The normalized spacial score (nSPS) is 12.1. The Morgan fingerprint density at radius 3 is 1.89 bits per heavy atom. The number of aromatic nitrogens is 2. The molecule has 7 nitrogen and oxygen atoms in total. The number of benzene rings is 3. The zero-order valence-electron chi connectivity index (χ0n) is 21.1. The molecule has 1 atom stereocenters. The van der Waals surface area contributed by atoms with E-state index in [9.17, 15) is 9.90 Å². The molecule has 4 rings (SSSR count). The van der Waals surface area contributed by atoms with Crippen molar-refractivity contribution in [2.24, 2.45) is 0 Å². The molecule has 0 spiro atoms. The SMILES string of the molecule is COc1ccc(CCOC(c2ccccc2)(c2ccccc2)C(Oc2nc(C)cc(C)n2)C(=O)O)cc1. The molecule has 190 valence electrons. The fraction of sp³-hybridized carbons (Fsp3) is 0.233. The highest BCUT2D eigenvalue weighted by Gasteiger charge is 2.50. The monoisotopic (exact) mass is 498 g/mol. The van der Waals surface area contributed by atoms with E-state index in [4.69, 9.17) is 14.2 Å². The Balaban J connectivity index is 1.79. The first-order chi connectivity index (χ1) is 17.9. The lowest BCUT2D eigenvalue weighted by atomic mass is 9.81. The molecule has 0 radical (unpaired) electrons. The van der Waals surface area contributed by atoms with Crippen LogP contribution in [0, 0.1) is 13.8 Å². The summed E-state index contributed by atoms with van der Waals surface area (Å²) in [6, 6.07) is 28.0. The highest BCUT2D eigenvalue weighted by atomic mass is 16.6. The van der Waals surface area contributed by atoms with E-state index in [1.807, 2.05) is 98.8 Å². The summed E-state index contributed by atoms with van der Waals surface area (Å²) >= 11 is 0. The average Bonchev–Trinajstić information content (AvgIpc) is 2.91. The van der Waals surface area contributed by atoms with E-state index in [2.05, 4.69) is 9.97 Å². The van der Waals surface area contributed by atoms with Crippen LogP contribution in [0.3, 0.4) is 0 Å². The van der Waals surface area contributed by atoms with Crippen molar-refractivity contribution < 1.29 is 24.1 Å². The van der Waals surface area contributed by atoms with E-state index in [-0.39, 0.29) is 12.6 Å². The van der Waals surface area contributed by atoms with Crippen molar-refractivity contribution in [3.8, 4) is 11.8 Å². The molecule has 1 aromatic heterocycles. The van der Waals surface area contributed by atoms with Crippen LogP contribution in [0.2, 0.25) is 0 Å². The van der Waals surface area contributed by atoms with Crippen molar-refractivity contribution in [1.29, 1.82) is 0 Å². The highest BCUT2D eigenvalue weighted by Crippen LogP contribution is 2.39. The zero-order valence-corrected chi connectivity index (χ0v) is 21.1. The molecule has 0 fully saturated rings. The molecule has 1 N–H and O–H groups in total. The lowest BCUT2D eigenvalue weighted by Crippen LogP contribution is -2.51. The molecule has 0 aliphatic rings. The number of carbonyl (C=O) groups is 1. The second-order valence-electron chi connectivity index (χ2n) is 8.68. The minimum absolute atomic E-state index is 0.0140. The van der Waals surface area contributed by atoms with Gasteiger partial charge in [-0.3, -0.25) is 0 Å². The van der Waals surface area contributed by atoms with Gasteiger partial charge in [0.15, 0.2) is 5.60 Å². The number of carboxylic acids is 1. The molecule has 0 aliphatic carbocycles. The van der Waals surface area contributed by atoms with Gasteiger partial charge in [0, 0.05) is 11.4 Å². The third-order valence-corrected chi connectivity index (χ3v) is 6.06. The van der Waals surface area contributed by atoms with Gasteiger partial charge in [0.05, 0.1) is 13.7 Å². The lowest BCUT2D eigenvalue weighted by Gasteiger charge is -2.39. The molecule has 7 heteroatoms. The van der Waals surface area contributed by atoms with Crippen LogP contribution in [-0.4, -0.2) is 40.9 Å². The summed E-state index contributed by atoms with van der Waals surface area (Å²) in [6.07, 6.45) is -0.924. The van der Waals surface area contributed by atoms with Gasteiger partial charge in [-0.1, -0.05) is 72.8 Å². The summed E-state index contributed by atoms with van der Waals surface area (Å²) in [4.78, 5) is 21.6. The molecule has 0 amide bonds. The second kappa shape index (κ2) is 11.7. The van der Waals surface area contributed by atoms with Crippen LogP contribution in [0.25, 0.3) is 0 Å². The number of rotatable bonds is 11. The van der Waals surface area contributed by atoms with Crippen molar-refractivity contribution in [2.45, 2.75) is 32.0 Å². The van der Waals surface area contributed by atoms with Crippen molar-refractivity contribution in [1.82, 2.24) is 9.97 Å². The van der Waals surface area contributed by atoms with Gasteiger partial charge in [0.1, 0.15) is 5.75 Å². The third kappa shape index (κ3) is 5.95. The van der Waals surface area contributed by atoms with Gasteiger partial charge in [0.25, 0.3) is 0 Å². The Hall–Kier alpha value is -4.23. The molecule has 0 aliphatic heterocycles. The van der Waals surface area contributed by atoms with E-state index in [1.165, 1.54) is 0 Å². The Morgan fingerprint density at radius 2 is 1.41 bits per heavy atom. The smallest absolute Gasteiger partial charge is 0.348 e. The summed E-state index contributed by atoms with van der Waals surface area (Å²) < 4.78 is 18.0. The Bertz CT molecular complexity index is 1250. The van der Waals surface area contributed by atoms with Crippen molar-refractivity contribution in [3.05, 3.63) is 119 Å². The van der Waals surface area contributed by atoms with Crippen LogP contribution in [0.5, 0.6) is 11.8 Å². The van der Waals surface area contributed by atoms with Crippen LogP contribution < -0.4 is 9.47 Å². The van der Waals surface area contributed by atoms with Gasteiger partial charge < -0.3 is 19.3 Å². The van der Waals surface area contributed by atoms with Gasteiger partial charge in [-0.05, 0) is 55.2 Å². The van der Waals surface area contributed by atoms with Crippen LogP contribution in [0.15, 0.2) is 91.0 Å². The fourth-order valence-corrected chi connectivity index (χ4v) is 4.36. The van der Waals surface area contributed by atoms with Gasteiger partial charge >= 0.3 is 12.0 Å². The number of aryl methyl sites for hydroxylation is 2. The topological polar surface area (TPSA) is 90.8 Å². The first kappa shape index (κ1) is 25.9. The Morgan fingerprint density at radius 1 is 0.865 bits per heavy atom. The van der Waals surface area contributed by atoms with Gasteiger partial charge in [-0.25, -0.2) is 14.8 Å². The minimum Gasteiger partial charge on any atom is -0.497 e. The molecular formula is C30H30N2O5. The maximum Gasteiger partial charge on any atom is 0.348 e. The number of carboxylic acid groups (broad SMARTS) is 1. The van der Waals surface area contributed by atoms with Gasteiger partial charge in [-0.15, -0.1) is 0 Å². The highest BCUT2D eigenvalue weighted by molar-refractivity contribution is 5.76. The number of hydrogen-bond donors (Lipinski definition) is 1. The van der Waals surface area contributed by atoms with Gasteiger partial charge in [-0.2, -0.15) is 0 Å². The average molecular weight is 499 g/mol. The summed E-state index contributed by atoms with van der Waals surface area (Å²) in [5.74, 6) is -0.430. The first-order valence-electron chi connectivity index (χ1n) is 12.0. The fourth-order valence-electron chi connectivity index (χ4n) is 4.36. The first-order valence-corrected chi connectivity index (χ1v) is 12.0. The molecule has 0 saturated heterocycles. The second-order valence-corrected chi connectivity index (χ2v) is 8.68. The Labute approximate surface area is 216 Å². The van der Waals surface area contributed by atoms with Crippen LogP contribution in [-0.2, 0) is 21.6 Å². The quantitative estimate of drug-likeness (QED) is 0.306. The summed E-state index contributed by atoms with van der Waals surface area (Å²) in [5.41, 5.74) is 2.19. The number of aliphatic carboxylic acids is 1. The van der Waals surface area contributed by atoms with Crippen molar-refractivity contribution in [3.63, 3.8) is 0 Å². The molecule has 0 bridgehead atoms. The van der Waals surface area contributed by atoms with Crippen molar-refractivity contribution >= 4 is 5.97 Å². The summed E-state index contributed by atoms with van der Waals surface area (Å²) in [5, 5.41) is 10.5. The number of methoxy groups -OCH3 is 1. The molecule has 0 saturated carbocycles. The predicted molar refractivity (Wildman–Crippen MR) is 140 cm³/mol. The molecule has 37 heavy (non-hydrogen) atoms. The number of ether oxygens (including phenoxy) is 3. The summed E-state index contributed by atoms with van der Waals surface area (Å²) in [7, 11) is 1.62. The summed E-state index contributed by atoms with van der Waals surface area (Å²) in [6.45, 7) is 3.85. The van der Waals surface area contributed by atoms with Crippen LogP contribution in [0.1, 0.15) is 28.1 Å². The molecular weight excluding hydrogens is 468 g/mol. The van der Waals surface area contributed by atoms with Gasteiger partial charge in [0.2, 0.25) is 6.10 Å². The third-order valence-electron chi connectivity index (χ3n) is 6.06. The number of nitrogens with zero attached hydrogens (tertiary/aromatic N) is 2. The minimum atomic E-state index is -1.48. The van der Waals surface area contributed by atoms with E-state index in [0.717, 1.165) is 11.3 Å². The van der Waals surface area contributed by atoms with Crippen LogP contribution >= 0.6 is 0 Å². The lowest BCUT2D eigenvalue weighted by molar-refractivity contribution is -0.164.